The number of nitrogens with two attached hydrogens (primary N) is 1. The van der Waals surface area contributed by atoms with Gasteiger partial charge in [0.25, 0.3) is 5.91 Å². The minimum atomic E-state index is -0.0509. The molecule has 0 aliphatic rings. The summed E-state index contributed by atoms with van der Waals surface area (Å²) in [5, 5.41) is 3.21. The minimum Gasteiger partial charge on any atom is -0.397 e. The van der Waals surface area contributed by atoms with Crippen molar-refractivity contribution in [2.75, 3.05) is 25.1 Å². The molecule has 1 aromatic carbocycles. The van der Waals surface area contributed by atoms with E-state index in [0.29, 0.717) is 17.8 Å². The van der Waals surface area contributed by atoms with Gasteiger partial charge in [0.15, 0.2) is 0 Å². The number of amides is 1. The van der Waals surface area contributed by atoms with Gasteiger partial charge in [-0.1, -0.05) is 0 Å². The fourth-order valence-electron chi connectivity index (χ4n) is 1.84. The third kappa shape index (κ3) is 2.90. The van der Waals surface area contributed by atoms with E-state index in [9.17, 15) is 4.79 Å². The van der Waals surface area contributed by atoms with E-state index < -0.39 is 0 Å². The Morgan fingerprint density at radius 2 is 2.20 bits per heavy atom. The first kappa shape index (κ1) is 13.9. The van der Waals surface area contributed by atoms with Crippen molar-refractivity contribution >= 4 is 17.3 Å². The summed E-state index contributed by atoms with van der Waals surface area (Å²) in [6.45, 7) is 0.549. The van der Waals surface area contributed by atoms with Crippen LogP contribution in [0.3, 0.4) is 0 Å². The van der Waals surface area contributed by atoms with Crippen LogP contribution in [-0.4, -0.2) is 34.5 Å². The van der Waals surface area contributed by atoms with E-state index in [2.05, 4.69) is 10.3 Å². The number of hydrogen-bond donors (Lipinski definition) is 2. The van der Waals surface area contributed by atoms with Gasteiger partial charge in [0.1, 0.15) is 5.82 Å². The van der Waals surface area contributed by atoms with E-state index in [0.717, 1.165) is 11.5 Å². The molecule has 0 radical (unpaired) electrons. The van der Waals surface area contributed by atoms with Gasteiger partial charge >= 0.3 is 0 Å². The van der Waals surface area contributed by atoms with Crippen molar-refractivity contribution in [2.24, 2.45) is 7.05 Å². The van der Waals surface area contributed by atoms with Crippen molar-refractivity contribution in [3.63, 3.8) is 0 Å². The van der Waals surface area contributed by atoms with Gasteiger partial charge in [0.2, 0.25) is 0 Å². The second-order valence-electron chi connectivity index (χ2n) is 4.81. The van der Waals surface area contributed by atoms with Gasteiger partial charge in [0.05, 0.1) is 17.9 Å². The summed E-state index contributed by atoms with van der Waals surface area (Å²) >= 11 is 0. The summed E-state index contributed by atoms with van der Waals surface area (Å²) in [6, 6.07) is 5.22. The van der Waals surface area contributed by atoms with Crippen molar-refractivity contribution in [3.8, 4) is 0 Å². The molecule has 0 saturated carbocycles. The first-order valence-corrected chi connectivity index (χ1v) is 6.30. The molecule has 2 aromatic rings. The molecular weight excluding hydrogens is 254 g/mol. The number of carbonyl (C=O) groups is 1. The van der Waals surface area contributed by atoms with Crippen LogP contribution in [0.15, 0.2) is 30.6 Å². The highest BCUT2D eigenvalue weighted by Crippen LogP contribution is 2.21. The van der Waals surface area contributed by atoms with Crippen LogP contribution >= 0.6 is 0 Å². The number of aryl methyl sites for hydroxylation is 1. The van der Waals surface area contributed by atoms with E-state index in [1.807, 2.05) is 17.8 Å². The maximum absolute atomic E-state index is 11.9. The number of imidazole rings is 1. The van der Waals surface area contributed by atoms with Crippen molar-refractivity contribution in [1.82, 2.24) is 14.5 Å². The SMILES string of the molecule is CN(C)C(=O)c1ccc(N)c(NCc2nccn2C)c1. The highest BCUT2D eigenvalue weighted by molar-refractivity contribution is 5.95. The molecule has 3 N–H and O–H groups in total. The molecular formula is C14H19N5O. The zero-order valence-corrected chi connectivity index (χ0v) is 11.9. The normalized spacial score (nSPS) is 10.3. The highest BCUT2D eigenvalue weighted by atomic mass is 16.2. The average molecular weight is 273 g/mol. The van der Waals surface area contributed by atoms with Crippen LogP contribution in [0.1, 0.15) is 16.2 Å². The summed E-state index contributed by atoms with van der Waals surface area (Å²) in [7, 11) is 5.37. The predicted octanol–water partition coefficient (Wildman–Crippen LogP) is 1.32. The van der Waals surface area contributed by atoms with Crippen LogP contribution in [0.4, 0.5) is 11.4 Å². The zero-order valence-electron chi connectivity index (χ0n) is 11.9. The maximum Gasteiger partial charge on any atom is 0.253 e. The second kappa shape index (κ2) is 5.64. The van der Waals surface area contributed by atoms with Gasteiger partial charge in [-0.3, -0.25) is 4.79 Å². The monoisotopic (exact) mass is 273 g/mol. The first-order chi connectivity index (χ1) is 9.49. The van der Waals surface area contributed by atoms with Gasteiger partial charge < -0.3 is 20.5 Å². The fourth-order valence-corrected chi connectivity index (χ4v) is 1.84. The summed E-state index contributed by atoms with van der Waals surface area (Å²) in [4.78, 5) is 17.7. The molecule has 0 fully saturated rings. The van der Waals surface area contributed by atoms with E-state index in [4.69, 9.17) is 5.73 Å². The van der Waals surface area contributed by atoms with E-state index in [1.54, 1.807) is 38.5 Å². The van der Waals surface area contributed by atoms with Crippen molar-refractivity contribution in [1.29, 1.82) is 0 Å². The number of hydrogen-bond acceptors (Lipinski definition) is 4. The molecule has 0 aliphatic carbocycles. The number of rotatable bonds is 4. The number of nitrogens with zero attached hydrogens (tertiary/aromatic N) is 3. The molecule has 1 heterocycles. The highest BCUT2D eigenvalue weighted by Gasteiger charge is 2.10. The summed E-state index contributed by atoms with van der Waals surface area (Å²) in [5.41, 5.74) is 7.87. The zero-order chi connectivity index (χ0) is 14.7. The molecule has 106 valence electrons. The average Bonchev–Trinajstić information content (AvgIpc) is 2.82. The Balaban J connectivity index is 2.17. The van der Waals surface area contributed by atoms with Crippen LogP contribution in [0.5, 0.6) is 0 Å². The predicted molar refractivity (Wildman–Crippen MR) is 79.4 cm³/mol. The molecule has 0 spiro atoms. The lowest BCUT2D eigenvalue weighted by molar-refractivity contribution is 0.0827. The fraction of sp³-hybridized carbons (Fsp3) is 0.286. The number of carbonyl (C=O) groups excluding carboxylic acids is 1. The van der Waals surface area contributed by atoms with Crippen molar-refractivity contribution in [2.45, 2.75) is 6.54 Å². The largest absolute Gasteiger partial charge is 0.397 e. The molecule has 2 rings (SSSR count). The molecule has 0 bridgehead atoms. The van der Waals surface area contributed by atoms with Crippen LogP contribution in [-0.2, 0) is 13.6 Å². The van der Waals surface area contributed by atoms with E-state index in [1.165, 1.54) is 4.90 Å². The van der Waals surface area contributed by atoms with Crippen molar-refractivity contribution < 1.29 is 4.79 Å². The molecule has 0 atom stereocenters. The van der Waals surface area contributed by atoms with Gasteiger partial charge in [-0.25, -0.2) is 4.98 Å². The third-order valence-electron chi connectivity index (χ3n) is 3.06. The summed E-state index contributed by atoms with van der Waals surface area (Å²) in [6.07, 6.45) is 3.62. The molecule has 6 nitrogen and oxygen atoms in total. The number of aromatic nitrogens is 2. The lowest BCUT2D eigenvalue weighted by atomic mass is 10.1. The number of anilines is 2. The Bertz CT molecular complexity index is 618. The summed E-state index contributed by atoms with van der Waals surface area (Å²) < 4.78 is 1.93. The minimum absolute atomic E-state index is 0.0509. The molecule has 0 saturated heterocycles. The Hall–Kier alpha value is -2.50. The number of nitrogen functional groups attached to an aromatic ring is 1. The first-order valence-electron chi connectivity index (χ1n) is 6.30. The quantitative estimate of drug-likeness (QED) is 0.824. The molecule has 6 heteroatoms. The van der Waals surface area contributed by atoms with Gasteiger partial charge in [-0.15, -0.1) is 0 Å². The molecule has 1 amide bonds. The van der Waals surface area contributed by atoms with E-state index in [-0.39, 0.29) is 5.91 Å². The van der Waals surface area contributed by atoms with Crippen LogP contribution in [0.25, 0.3) is 0 Å². The van der Waals surface area contributed by atoms with Crippen LogP contribution in [0, 0.1) is 0 Å². The maximum atomic E-state index is 11.9. The number of nitrogens with one attached hydrogen (secondary N) is 1. The second-order valence-corrected chi connectivity index (χ2v) is 4.81. The number of benzene rings is 1. The van der Waals surface area contributed by atoms with Gasteiger partial charge in [0, 0.05) is 39.1 Å². The third-order valence-corrected chi connectivity index (χ3v) is 3.06. The van der Waals surface area contributed by atoms with Crippen LogP contribution < -0.4 is 11.1 Å². The molecule has 0 unspecified atom stereocenters. The smallest absolute Gasteiger partial charge is 0.253 e. The molecule has 0 aliphatic heterocycles. The lowest BCUT2D eigenvalue weighted by Crippen LogP contribution is -2.21. The Kier molecular flexibility index (Phi) is 3.93. The Labute approximate surface area is 118 Å². The molecule has 1 aromatic heterocycles. The Morgan fingerprint density at radius 1 is 1.45 bits per heavy atom. The Morgan fingerprint density at radius 3 is 2.80 bits per heavy atom. The van der Waals surface area contributed by atoms with Crippen LogP contribution in [0.2, 0.25) is 0 Å². The van der Waals surface area contributed by atoms with Gasteiger partial charge in [-0.2, -0.15) is 0 Å². The van der Waals surface area contributed by atoms with Gasteiger partial charge in [-0.05, 0) is 18.2 Å². The van der Waals surface area contributed by atoms with E-state index >= 15 is 0 Å². The topological polar surface area (TPSA) is 76.2 Å². The molecule has 20 heavy (non-hydrogen) atoms. The lowest BCUT2D eigenvalue weighted by Gasteiger charge is -2.14. The summed E-state index contributed by atoms with van der Waals surface area (Å²) in [5.74, 6) is 0.846. The standard InChI is InChI=1S/C14H19N5O/c1-18(2)14(20)10-4-5-11(15)12(8-10)17-9-13-16-6-7-19(13)3/h4-8,17H,9,15H2,1-3H3. The van der Waals surface area contributed by atoms with Crippen molar-refractivity contribution in [3.05, 3.63) is 42.0 Å².